The minimum atomic E-state index is -1.14. The van der Waals surface area contributed by atoms with Gasteiger partial charge in [0.2, 0.25) is 5.96 Å². The van der Waals surface area contributed by atoms with E-state index in [1.165, 1.54) is 18.2 Å². The number of nitrogens with one attached hydrogen (secondary N) is 2. The molecule has 28 heavy (non-hydrogen) atoms. The summed E-state index contributed by atoms with van der Waals surface area (Å²) in [4.78, 5) is 20.6. The third kappa shape index (κ3) is 5.16. The van der Waals surface area contributed by atoms with E-state index in [1.807, 2.05) is 0 Å². The van der Waals surface area contributed by atoms with Crippen molar-refractivity contribution in [3.8, 4) is 0 Å². The Labute approximate surface area is 159 Å². The van der Waals surface area contributed by atoms with Gasteiger partial charge in [-0.05, 0) is 54.1 Å². The highest BCUT2D eigenvalue weighted by molar-refractivity contribution is 6.09. The maximum atomic E-state index is 13.4. The predicted octanol–water partition coefficient (Wildman–Crippen LogP) is 3.90. The van der Waals surface area contributed by atoms with Crippen LogP contribution >= 0.6 is 0 Å². The Balaban J connectivity index is 1.82. The molecule has 1 heterocycles. The molecule has 2 N–H and O–H groups in total. The van der Waals surface area contributed by atoms with E-state index >= 15 is 0 Å². The first-order valence-electron chi connectivity index (χ1n) is 8.23. The quantitative estimate of drug-likeness (QED) is 0.530. The molecule has 0 aliphatic rings. The molecule has 0 atom stereocenters. The van der Waals surface area contributed by atoms with E-state index in [2.05, 4.69) is 20.6 Å². The molecular formula is C20H15F3N4O. The van der Waals surface area contributed by atoms with Gasteiger partial charge in [-0.3, -0.25) is 15.1 Å². The second kappa shape index (κ2) is 8.81. The van der Waals surface area contributed by atoms with E-state index < -0.39 is 23.4 Å². The molecular weight excluding hydrogens is 369 g/mol. The zero-order valence-electron chi connectivity index (χ0n) is 14.5. The minimum Gasteiger partial charge on any atom is -0.326 e. The summed E-state index contributed by atoms with van der Waals surface area (Å²) in [6.07, 6.45) is 3.20. The van der Waals surface area contributed by atoms with Crippen LogP contribution in [0.2, 0.25) is 0 Å². The summed E-state index contributed by atoms with van der Waals surface area (Å²) >= 11 is 0. The maximum Gasteiger partial charge on any atom is 0.258 e. The summed E-state index contributed by atoms with van der Waals surface area (Å²) in [5.74, 6) is -3.33. The van der Waals surface area contributed by atoms with Crippen molar-refractivity contribution in [2.24, 2.45) is 4.99 Å². The third-order valence-electron chi connectivity index (χ3n) is 3.67. The first-order chi connectivity index (χ1) is 13.5. The second-order valence-corrected chi connectivity index (χ2v) is 5.74. The number of nitrogens with zero attached hydrogens (tertiary/aromatic N) is 2. The van der Waals surface area contributed by atoms with E-state index in [-0.39, 0.29) is 18.1 Å². The van der Waals surface area contributed by atoms with Crippen LogP contribution in [0, 0.1) is 17.5 Å². The molecule has 1 amide bonds. The van der Waals surface area contributed by atoms with Crippen molar-refractivity contribution >= 4 is 17.6 Å². The summed E-state index contributed by atoms with van der Waals surface area (Å²) < 4.78 is 39.9. The molecule has 0 aliphatic carbocycles. The van der Waals surface area contributed by atoms with Crippen molar-refractivity contribution < 1.29 is 18.0 Å². The Morgan fingerprint density at radius 1 is 0.964 bits per heavy atom. The normalized spacial score (nSPS) is 11.2. The third-order valence-corrected chi connectivity index (χ3v) is 3.67. The summed E-state index contributed by atoms with van der Waals surface area (Å²) in [7, 11) is 0. The van der Waals surface area contributed by atoms with Gasteiger partial charge >= 0.3 is 0 Å². The SMILES string of the molecule is O=C(NC(=NCc1ccncc1)Nc1cccc(F)c1)c1ccc(F)c(F)c1. The lowest BCUT2D eigenvalue weighted by Gasteiger charge is -2.12. The zero-order valence-corrected chi connectivity index (χ0v) is 14.5. The van der Waals surface area contributed by atoms with Crippen LogP contribution in [0.15, 0.2) is 72.0 Å². The van der Waals surface area contributed by atoms with Crippen molar-refractivity contribution in [1.29, 1.82) is 0 Å². The van der Waals surface area contributed by atoms with E-state index in [1.54, 1.807) is 30.6 Å². The van der Waals surface area contributed by atoms with E-state index in [4.69, 9.17) is 0 Å². The van der Waals surface area contributed by atoms with Gasteiger partial charge in [-0.1, -0.05) is 6.07 Å². The average Bonchev–Trinajstić information content (AvgIpc) is 2.69. The molecule has 0 radical (unpaired) electrons. The number of rotatable bonds is 4. The van der Waals surface area contributed by atoms with Crippen molar-refractivity contribution in [1.82, 2.24) is 10.3 Å². The van der Waals surface area contributed by atoms with Crippen molar-refractivity contribution in [2.45, 2.75) is 6.54 Å². The Morgan fingerprint density at radius 2 is 1.75 bits per heavy atom. The number of aliphatic imine (C=N–C) groups is 1. The van der Waals surface area contributed by atoms with Gasteiger partial charge in [0.05, 0.1) is 6.54 Å². The second-order valence-electron chi connectivity index (χ2n) is 5.74. The van der Waals surface area contributed by atoms with E-state index in [0.717, 1.165) is 23.8 Å². The molecule has 2 aromatic carbocycles. The average molecular weight is 384 g/mol. The van der Waals surface area contributed by atoms with Gasteiger partial charge in [-0.25, -0.2) is 18.2 Å². The molecule has 0 aliphatic heterocycles. The van der Waals surface area contributed by atoms with Crippen LogP contribution < -0.4 is 10.6 Å². The molecule has 142 valence electrons. The molecule has 1 aromatic heterocycles. The van der Waals surface area contributed by atoms with Crippen LogP contribution in [0.3, 0.4) is 0 Å². The van der Waals surface area contributed by atoms with Crippen LogP contribution in [-0.4, -0.2) is 16.9 Å². The smallest absolute Gasteiger partial charge is 0.258 e. The number of hydrogen-bond donors (Lipinski definition) is 2. The Hall–Kier alpha value is -3.68. The van der Waals surface area contributed by atoms with Gasteiger partial charge < -0.3 is 5.32 Å². The summed E-state index contributed by atoms with van der Waals surface area (Å²) in [6, 6.07) is 11.9. The topological polar surface area (TPSA) is 66.4 Å². The van der Waals surface area contributed by atoms with Gasteiger partial charge in [0.15, 0.2) is 11.6 Å². The number of pyridine rings is 1. The lowest BCUT2D eigenvalue weighted by atomic mass is 10.2. The Kier molecular flexibility index (Phi) is 6.01. The van der Waals surface area contributed by atoms with Gasteiger partial charge in [0.1, 0.15) is 5.82 Å². The van der Waals surface area contributed by atoms with Crippen molar-refractivity contribution in [3.63, 3.8) is 0 Å². The number of hydrogen-bond acceptors (Lipinski definition) is 3. The molecule has 0 spiro atoms. The molecule has 5 nitrogen and oxygen atoms in total. The fourth-order valence-electron chi connectivity index (χ4n) is 2.29. The molecule has 0 fully saturated rings. The molecule has 0 unspecified atom stereocenters. The molecule has 0 saturated carbocycles. The minimum absolute atomic E-state index is 0.0251. The molecule has 8 heteroatoms. The number of benzene rings is 2. The van der Waals surface area contributed by atoms with Crippen LogP contribution in [-0.2, 0) is 6.54 Å². The van der Waals surface area contributed by atoms with Gasteiger partial charge in [-0.2, -0.15) is 0 Å². The highest BCUT2D eigenvalue weighted by Crippen LogP contribution is 2.11. The largest absolute Gasteiger partial charge is 0.326 e. The molecule has 0 bridgehead atoms. The Morgan fingerprint density at radius 3 is 2.46 bits per heavy atom. The molecule has 3 rings (SSSR count). The van der Waals surface area contributed by atoms with Gasteiger partial charge in [0, 0.05) is 23.6 Å². The lowest BCUT2D eigenvalue weighted by molar-refractivity contribution is 0.0976. The summed E-state index contributed by atoms with van der Waals surface area (Å²) in [5.41, 5.74) is 1.10. The molecule has 0 saturated heterocycles. The van der Waals surface area contributed by atoms with Crippen molar-refractivity contribution in [2.75, 3.05) is 5.32 Å². The fraction of sp³-hybridized carbons (Fsp3) is 0.0500. The Bertz CT molecular complexity index is 1010. The predicted molar refractivity (Wildman–Crippen MR) is 99.2 cm³/mol. The summed E-state index contributed by atoms with van der Waals surface area (Å²) in [5, 5.41) is 5.30. The zero-order chi connectivity index (χ0) is 19.9. The number of carbonyl (C=O) groups is 1. The van der Waals surface area contributed by atoms with Crippen LogP contribution in [0.1, 0.15) is 15.9 Å². The number of anilines is 1. The van der Waals surface area contributed by atoms with E-state index in [9.17, 15) is 18.0 Å². The lowest BCUT2D eigenvalue weighted by Crippen LogP contribution is -2.36. The van der Waals surface area contributed by atoms with Crippen LogP contribution in [0.5, 0.6) is 0 Å². The molecule has 3 aromatic rings. The maximum absolute atomic E-state index is 13.4. The fourth-order valence-corrected chi connectivity index (χ4v) is 2.29. The van der Waals surface area contributed by atoms with Crippen molar-refractivity contribution in [3.05, 3.63) is 95.6 Å². The van der Waals surface area contributed by atoms with Crippen LogP contribution in [0.25, 0.3) is 0 Å². The van der Waals surface area contributed by atoms with Gasteiger partial charge in [0.25, 0.3) is 5.91 Å². The number of guanidine groups is 1. The van der Waals surface area contributed by atoms with E-state index in [0.29, 0.717) is 5.69 Å². The first kappa shape index (κ1) is 19.1. The highest BCUT2D eigenvalue weighted by Gasteiger charge is 2.12. The summed E-state index contributed by atoms with van der Waals surface area (Å²) in [6.45, 7) is 0.207. The monoisotopic (exact) mass is 384 g/mol. The highest BCUT2D eigenvalue weighted by atomic mass is 19.2. The number of halogens is 3. The number of carbonyl (C=O) groups excluding carboxylic acids is 1. The van der Waals surface area contributed by atoms with Crippen LogP contribution in [0.4, 0.5) is 18.9 Å². The number of aromatic nitrogens is 1. The van der Waals surface area contributed by atoms with Gasteiger partial charge in [-0.15, -0.1) is 0 Å². The standard InChI is InChI=1S/C20H15F3N4O/c21-15-2-1-3-16(11-15)26-20(25-12-13-6-8-24-9-7-13)27-19(28)14-4-5-17(22)18(23)10-14/h1-11H,12H2,(H2,25,26,27,28). The number of amides is 1. The first-order valence-corrected chi connectivity index (χ1v) is 8.23.